The summed E-state index contributed by atoms with van der Waals surface area (Å²) < 4.78 is 1.18. The quantitative estimate of drug-likeness (QED) is 0.901. The summed E-state index contributed by atoms with van der Waals surface area (Å²) >= 11 is 3.57. The molecule has 0 aliphatic carbocycles. The third kappa shape index (κ3) is 4.24. The van der Waals surface area contributed by atoms with Crippen molar-refractivity contribution < 1.29 is 0 Å². The summed E-state index contributed by atoms with van der Waals surface area (Å²) in [5.74, 6) is 0.521. The van der Waals surface area contributed by atoms with Crippen molar-refractivity contribution in [3.63, 3.8) is 0 Å². The highest BCUT2D eigenvalue weighted by Crippen LogP contribution is 2.17. The van der Waals surface area contributed by atoms with Gasteiger partial charge in [-0.3, -0.25) is 0 Å². The minimum atomic E-state index is 0.252. The van der Waals surface area contributed by atoms with Crippen LogP contribution in [0.15, 0.2) is 28.7 Å². The summed E-state index contributed by atoms with van der Waals surface area (Å²) in [6.45, 7) is 6.25. The summed E-state index contributed by atoms with van der Waals surface area (Å²) in [6, 6.07) is 8.60. The Morgan fingerprint density at radius 2 is 1.94 bits per heavy atom. The van der Waals surface area contributed by atoms with Gasteiger partial charge in [0.25, 0.3) is 0 Å². The van der Waals surface area contributed by atoms with E-state index in [2.05, 4.69) is 59.9 Å². The molecule has 0 aliphatic rings. The van der Waals surface area contributed by atoms with Gasteiger partial charge in [0.15, 0.2) is 0 Å². The number of halogens is 1. The van der Waals surface area contributed by atoms with Crippen LogP contribution in [0, 0.1) is 5.92 Å². The van der Waals surface area contributed by atoms with Crippen molar-refractivity contribution in [3.05, 3.63) is 34.3 Å². The lowest BCUT2D eigenvalue weighted by molar-refractivity contribution is 0.261. The summed E-state index contributed by atoms with van der Waals surface area (Å²) in [7, 11) is 2.14. The van der Waals surface area contributed by atoms with Crippen LogP contribution in [-0.2, 0) is 6.54 Å². The fourth-order valence-electron chi connectivity index (χ4n) is 1.64. The van der Waals surface area contributed by atoms with Gasteiger partial charge in [0.05, 0.1) is 0 Å². The van der Waals surface area contributed by atoms with E-state index in [1.165, 1.54) is 10.0 Å². The van der Waals surface area contributed by atoms with Crippen LogP contribution in [0.25, 0.3) is 0 Å². The Morgan fingerprint density at radius 1 is 1.31 bits per heavy atom. The van der Waals surface area contributed by atoms with Gasteiger partial charge in [0.1, 0.15) is 0 Å². The molecule has 0 aromatic heterocycles. The molecule has 0 aliphatic heterocycles. The number of hydrogen-bond donors (Lipinski definition) is 1. The van der Waals surface area contributed by atoms with Crippen molar-refractivity contribution in [3.8, 4) is 0 Å². The molecule has 0 bridgehead atoms. The summed E-state index contributed by atoms with van der Waals surface area (Å²) in [5.41, 5.74) is 7.19. The van der Waals surface area contributed by atoms with Crippen molar-refractivity contribution in [1.82, 2.24) is 4.90 Å². The fourth-order valence-corrected chi connectivity index (χ4v) is 2.05. The highest BCUT2D eigenvalue weighted by Gasteiger charge is 2.11. The first-order chi connectivity index (χ1) is 7.50. The standard InChI is InChI=1S/C13H21BrN2/c1-10(11(2)15)8-16(3)9-12-6-4-5-7-13(12)14/h4-7,10-11H,8-9,15H2,1-3H3. The highest BCUT2D eigenvalue weighted by molar-refractivity contribution is 9.10. The minimum absolute atomic E-state index is 0.252. The molecule has 1 rings (SSSR count). The third-order valence-corrected chi connectivity index (χ3v) is 3.67. The molecule has 0 saturated heterocycles. The molecular formula is C13H21BrN2. The van der Waals surface area contributed by atoms with Crippen LogP contribution in [0.2, 0.25) is 0 Å². The molecule has 0 spiro atoms. The van der Waals surface area contributed by atoms with E-state index in [0.29, 0.717) is 5.92 Å². The van der Waals surface area contributed by atoms with E-state index in [-0.39, 0.29) is 6.04 Å². The van der Waals surface area contributed by atoms with E-state index in [9.17, 15) is 0 Å². The van der Waals surface area contributed by atoms with Gasteiger partial charge in [0, 0.05) is 23.6 Å². The van der Waals surface area contributed by atoms with E-state index >= 15 is 0 Å². The van der Waals surface area contributed by atoms with Crippen molar-refractivity contribution in [2.45, 2.75) is 26.4 Å². The van der Waals surface area contributed by atoms with Gasteiger partial charge in [-0.15, -0.1) is 0 Å². The van der Waals surface area contributed by atoms with E-state index in [4.69, 9.17) is 5.73 Å². The maximum absolute atomic E-state index is 5.87. The lowest BCUT2D eigenvalue weighted by Gasteiger charge is -2.24. The number of nitrogens with two attached hydrogens (primary N) is 1. The molecule has 2 unspecified atom stereocenters. The van der Waals surface area contributed by atoms with E-state index in [0.717, 1.165) is 13.1 Å². The van der Waals surface area contributed by atoms with E-state index < -0.39 is 0 Å². The van der Waals surface area contributed by atoms with Crippen LogP contribution in [0.3, 0.4) is 0 Å². The van der Waals surface area contributed by atoms with Crippen molar-refractivity contribution in [2.75, 3.05) is 13.6 Å². The Kier molecular flexibility index (Phi) is 5.46. The predicted octanol–water partition coefficient (Wildman–Crippen LogP) is 2.86. The largest absolute Gasteiger partial charge is 0.328 e. The van der Waals surface area contributed by atoms with E-state index in [1.807, 2.05) is 6.07 Å². The maximum atomic E-state index is 5.87. The van der Waals surface area contributed by atoms with Gasteiger partial charge in [-0.05, 0) is 31.5 Å². The molecule has 2 N–H and O–H groups in total. The van der Waals surface area contributed by atoms with Crippen LogP contribution in [0.4, 0.5) is 0 Å². The second kappa shape index (κ2) is 6.38. The van der Waals surface area contributed by atoms with Crippen molar-refractivity contribution in [1.29, 1.82) is 0 Å². The molecular weight excluding hydrogens is 264 g/mol. The predicted molar refractivity (Wildman–Crippen MR) is 73.3 cm³/mol. The maximum Gasteiger partial charge on any atom is 0.0242 e. The third-order valence-electron chi connectivity index (χ3n) is 2.90. The van der Waals surface area contributed by atoms with Crippen LogP contribution in [0.5, 0.6) is 0 Å². The fraction of sp³-hybridized carbons (Fsp3) is 0.538. The summed E-state index contributed by atoms with van der Waals surface area (Å²) in [5, 5.41) is 0. The zero-order valence-electron chi connectivity index (χ0n) is 10.3. The lowest BCUT2D eigenvalue weighted by atomic mass is 10.0. The van der Waals surface area contributed by atoms with Crippen LogP contribution in [0.1, 0.15) is 19.4 Å². The normalized spacial score (nSPS) is 15.1. The smallest absolute Gasteiger partial charge is 0.0242 e. The van der Waals surface area contributed by atoms with Crippen molar-refractivity contribution in [2.24, 2.45) is 11.7 Å². The molecule has 1 aromatic carbocycles. The Bertz CT molecular complexity index is 325. The van der Waals surface area contributed by atoms with Crippen molar-refractivity contribution >= 4 is 15.9 Å². The van der Waals surface area contributed by atoms with Gasteiger partial charge in [-0.25, -0.2) is 0 Å². The molecule has 1 aromatic rings. The first-order valence-corrected chi connectivity index (χ1v) is 6.47. The Balaban J connectivity index is 2.52. The molecule has 2 atom stereocenters. The van der Waals surface area contributed by atoms with Crippen LogP contribution in [-0.4, -0.2) is 24.5 Å². The molecule has 2 nitrogen and oxygen atoms in total. The average Bonchev–Trinajstić information content (AvgIpc) is 2.21. The van der Waals surface area contributed by atoms with Gasteiger partial charge in [-0.2, -0.15) is 0 Å². The number of benzene rings is 1. The van der Waals surface area contributed by atoms with Gasteiger partial charge >= 0.3 is 0 Å². The molecule has 0 radical (unpaired) electrons. The van der Waals surface area contributed by atoms with Gasteiger partial charge in [-0.1, -0.05) is 41.1 Å². The molecule has 0 saturated carbocycles. The van der Waals surface area contributed by atoms with Gasteiger partial charge < -0.3 is 10.6 Å². The lowest BCUT2D eigenvalue weighted by Crippen LogP contribution is -2.34. The monoisotopic (exact) mass is 284 g/mol. The Hall–Kier alpha value is -0.380. The van der Waals surface area contributed by atoms with E-state index in [1.54, 1.807) is 0 Å². The zero-order valence-corrected chi connectivity index (χ0v) is 11.9. The van der Waals surface area contributed by atoms with Gasteiger partial charge in [0.2, 0.25) is 0 Å². The minimum Gasteiger partial charge on any atom is -0.328 e. The second-order valence-corrected chi connectivity index (χ2v) is 5.48. The molecule has 0 fully saturated rings. The highest BCUT2D eigenvalue weighted by atomic mass is 79.9. The molecule has 90 valence electrons. The zero-order chi connectivity index (χ0) is 12.1. The molecule has 16 heavy (non-hydrogen) atoms. The number of nitrogens with zero attached hydrogens (tertiary/aromatic N) is 1. The molecule has 3 heteroatoms. The SMILES string of the molecule is CC(N)C(C)CN(C)Cc1ccccc1Br. The second-order valence-electron chi connectivity index (χ2n) is 4.62. The molecule has 0 heterocycles. The average molecular weight is 285 g/mol. The first-order valence-electron chi connectivity index (χ1n) is 5.68. The Labute approximate surface area is 107 Å². The molecule has 0 amide bonds. The van der Waals surface area contributed by atoms with Crippen LogP contribution >= 0.6 is 15.9 Å². The summed E-state index contributed by atoms with van der Waals surface area (Å²) in [4.78, 5) is 2.31. The number of hydrogen-bond acceptors (Lipinski definition) is 2. The first kappa shape index (κ1) is 13.7. The topological polar surface area (TPSA) is 29.3 Å². The Morgan fingerprint density at radius 3 is 2.50 bits per heavy atom. The number of rotatable bonds is 5. The summed E-state index contributed by atoms with van der Waals surface area (Å²) in [6.07, 6.45) is 0. The van der Waals surface area contributed by atoms with Crippen LogP contribution < -0.4 is 5.73 Å².